The second-order valence-corrected chi connectivity index (χ2v) is 7.02. The van der Waals surface area contributed by atoms with E-state index >= 15 is 0 Å². The molecule has 0 bridgehead atoms. The van der Waals surface area contributed by atoms with Gasteiger partial charge in [0.05, 0.1) is 0 Å². The first kappa shape index (κ1) is 21.5. The van der Waals surface area contributed by atoms with Crippen molar-refractivity contribution >= 4 is 28.9 Å². The Morgan fingerprint density at radius 1 is 0.750 bits per heavy atom. The van der Waals surface area contributed by atoms with E-state index in [0.717, 1.165) is 35.5 Å². The Hall–Kier alpha value is -2.82. The smallest absolute Gasteiger partial charge is 0.224 e. The van der Waals surface area contributed by atoms with Crippen molar-refractivity contribution in [1.82, 2.24) is 0 Å². The molecule has 5 nitrogen and oxygen atoms in total. The first-order chi connectivity index (χ1) is 13.6. The summed E-state index contributed by atoms with van der Waals surface area (Å²) in [5, 5.41) is 9.07. The number of unbranched alkanes of at least 4 members (excludes halogenated alkanes) is 4. The maximum absolute atomic E-state index is 12.0. The van der Waals surface area contributed by atoms with Gasteiger partial charge in [-0.3, -0.25) is 9.59 Å². The van der Waals surface area contributed by atoms with Crippen molar-refractivity contribution in [3.63, 3.8) is 0 Å². The van der Waals surface area contributed by atoms with E-state index in [-0.39, 0.29) is 11.8 Å². The largest absolute Gasteiger partial charge is 0.381 e. The van der Waals surface area contributed by atoms with Crippen LogP contribution in [0.4, 0.5) is 17.1 Å². The quantitative estimate of drug-likeness (QED) is 0.447. The average Bonchev–Trinajstić information content (AvgIpc) is 2.68. The highest BCUT2D eigenvalue weighted by molar-refractivity contribution is 5.90. The second kappa shape index (κ2) is 11.8. The van der Waals surface area contributed by atoms with E-state index in [1.807, 2.05) is 48.5 Å². The van der Waals surface area contributed by atoms with Crippen molar-refractivity contribution in [2.45, 2.75) is 58.9 Å². The van der Waals surface area contributed by atoms with Crippen molar-refractivity contribution in [3.8, 4) is 0 Å². The number of rotatable bonds is 11. The molecule has 0 aliphatic heterocycles. The van der Waals surface area contributed by atoms with Crippen molar-refractivity contribution in [2.24, 2.45) is 0 Å². The van der Waals surface area contributed by atoms with Crippen molar-refractivity contribution in [2.75, 3.05) is 16.0 Å². The molecule has 0 fully saturated rings. The van der Waals surface area contributed by atoms with Gasteiger partial charge in [-0.2, -0.15) is 0 Å². The molecule has 0 saturated carbocycles. The molecule has 2 aromatic carbocycles. The zero-order valence-corrected chi connectivity index (χ0v) is 16.9. The summed E-state index contributed by atoms with van der Waals surface area (Å²) in [6.45, 7) is 4.37. The van der Waals surface area contributed by atoms with Gasteiger partial charge in [0.25, 0.3) is 0 Å². The lowest BCUT2D eigenvalue weighted by atomic mass is 10.1. The number of amides is 2. The summed E-state index contributed by atoms with van der Waals surface area (Å²) in [4.78, 5) is 23.0. The number of anilines is 3. The Balaban J connectivity index is 1.73. The van der Waals surface area contributed by atoms with Crippen molar-refractivity contribution in [3.05, 3.63) is 54.1 Å². The van der Waals surface area contributed by atoms with Crippen LogP contribution in [0.5, 0.6) is 0 Å². The summed E-state index contributed by atoms with van der Waals surface area (Å²) in [6, 6.07) is 15.5. The van der Waals surface area contributed by atoms with Gasteiger partial charge in [0.2, 0.25) is 11.8 Å². The molecule has 28 heavy (non-hydrogen) atoms. The molecule has 0 saturated heterocycles. The topological polar surface area (TPSA) is 70.2 Å². The summed E-state index contributed by atoms with van der Waals surface area (Å²) in [6.07, 6.45) is 6.32. The minimum Gasteiger partial charge on any atom is -0.381 e. The second-order valence-electron chi connectivity index (χ2n) is 7.02. The lowest BCUT2D eigenvalue weighted by Crippen LogP contribution is -2.11. The van der Waals surface area contributed by atoms with Gasteiger partial charge in [0.15, 0.2) is 0 Å². The number of nitrogens with one attached hydrogen (secondary N) is 3. The van der Waals surface area contributed by atoms with Gasteiger partial charge < -0.3 is 16.0 Å². The molecule has 2 rings (SSSR count). The number of carbonyl (C=O) groups is 2. The van der Waals surface area contributed by atoms with Crippen LogP contribution in [0.3, 0.4) is 0 Å². The lowest BCUT2D eigenvalue weighted by Gasteiger charge is -2.10. The maximum atomic E-state index is 12.0. The van der Waals surface area contributed by atoms with Crippen LogP contribution in [0.15, 0.2) is 48.5 Å². The van der Waals surface area contributed by atoms with Crippen LogP contribution in [0, 0.1) is 0 Å². The van der Waals surface area contributed by atoms with E-state index < -0.39 is 0 Å². The Bertz CT molecular complexity index is 739. The molecular weight excluding hydrogens is 350 g/mol. The molecule has 5 heteroatoms. The first-order valence-corrected chi connectivity index (χ1v) is 10.1. The van der Waals surface area contributed by atoms with Crippen LogP contribution < -0.4 is 16.0 Å². The van der Waals surface area contributed by atoms with Gasteiger partial charge in [0, 0.05) is 37.0 Å². The molecule has 0 aliphatic carbocycles. The summed E-state index contributed by atoms with van der Waals surface area (Å²) >= 11 is 0. The normalized spacial score (nSPS) is 10.4. The first-order valence-electron chi connectivity index (χ1n) is 10.1. The monoisotopic (exact) mass is 381 g/mol. The SMILES string of the molecule is CCCCCCCC(=O)Nc1ccc(NCc2ccc(NC(C)=O)cc2)cc1. The maximum Gasteiger partial charge on any atom is 0.224 e. The van der Waals surface area contributed by atoms with Crippen LogP contribution in [0.2, 0.25) is 0 Å². The predicted octanol–water partition coefficient (Wildman–Crippen LogP) is 5.56. The van der Waals surface area contributed by atoms with Crippen LogP contribution >= 0.6 is 0 Å². The number of hydrogen-bond acceptors (Lipinski definition) is 3. The highest BCUT2D eigenvalue weighted by Gasteiger charge is 2.03. The van der Waals surface area contributed by atoms with E-state index in [1.54, 1.807) is 0 Å². The summed E-state index contributed by atoms with van der Waals surface area (Å²) in [7, 11) is 0. The third kappa shape index (κ3) is 8.25. The zero-order chi connectivity index (χ0) is 20.2. The van der Waals surface area contributed by atoms with E-state index in [9.17, 15) is 9.59 Å². The van der Waals surface area contributed by atoms with Gasteiger partial charge in [-0.25, -0.2) is 0 Å². The fourth-order valence-corrected chi connectivity index (χ4v) is 2.90. The van der Waals surface area contributed by atoms with E-state index in [1.165, 1.54) is 26.2 Å². The highest BCUT2D eigenvalue weighted by atomic mass is 16.2. The predicted molar refractivity (Wildman–Crippen MR) is 117 cm³/mol. The molecule has 0 aromatic heterocycles. The van der Waals surface area contributed by atoms with Crippen LogP contribution in [-0.4, -0.2) is 11.8 Å². The molecule has 0 aliphatic rings. The van der Waals surface area contributed by atoms with E-state index in [2.05, 4.69) is 22.9 Å². The van der Waals surface area contributed by atoms with Gasteiger partial charge in [-0.15, -0.1) is 0 Å². The molecule has 2 aromatic rings. The number of carbonyl (C=O) groups excluding carboxylic acids is 2. The van der Waals surface area contributed by atoms with Crippen LogP contribution in [0.1, 0.15) is 57.9 Å². The molecular formula is C23H31N3O2. The minimum atomic E-state index is -0.0745. The molecule has 0 heterocycles. The molecule has 0 atom stereocenters. The molecule has 0 spiro atoms. The van der Waals surface area contributed by atoms with Crippen LogP contribution in [0.25, 0.3) is 0 Å². The molecule has 3 N–H and O–H groups in total. The lowest BCUT2D eigenvalue weighted by molar-refractivity contribution is -0.116. The molecule has 0 unspecified atom stereocenters. The Labute approximate surface area is 167 Å². The highest BCUT2D eigenvalue weighted by Crippen LogP contribution is 2.16. The summed E-state index contributed by atoms with van der Waals surface area (Å²) in [5.74, 6) is 0.00557. The fraction of sp³-hybridized carbons (Fsp3) is 0.391. The van der Waals surface area contributed by atoms with Gasteiger partial charge in [-0.05, 0) is 48.4 Å². The standard InChI is InChI=1S/C23H31N3O2/c1-3-4-5-6-7-8-23(28)26-22-15-13-20(14-16-22)24-17-19-9-11-21(12-10-19)25-18(2)27/h9-16,24H,3-8,17H2,1-2H3,(H,25,27)(H,26,28). The third-order valence-corrected chi connectivity index (χ3v) is 4.45. The summed E-state index contributed by atoms with van der Waals surface area (Å²) in [5.41, 5.74) is 3.73. The van der Waals surface area contributed by atoms with E-state index in [0.29, 0.717) is 13.0 Å². The van der Waals surface area contributed by atoms with Gasteiger partial charge >= 0.3 is 0 Å². The Morgan fingerprint density at radius 2 is 1.32 bits per heavy atom. The molecule has 150 valence electrons. The Kier molecular flexibility index (Phi) is 9.05. The zero-order valence-electron chi connectivity index (χ0n) is 16.9. The number of hydrogen-bond donors (Lipinski definition) is 3. The fourth-order valence-electron chi connectivity index (χ4n) is 2.90. The van der Waals surface area contributed by atoms with Crippen LogP contribution in [-0.2, 0) is 16.1 Å². The molecule has 2 amide bonds. The number of benzene rings is 2. The molecule has 0 radical (unpaired) electrons. The Morgan fingerprint density at radius 3 is 1.96 bits per heavy atom. The summed E-state index contributed by atoms with van der Waals surface area (Å²) < 4.78 is 0. The van der Waals surface area contributed by atoms with Gasteiger partial charge in [0.1, 0.15) is 0 Å². The minimum absolute atomic E-state index is 0.0745. The third-order valence-electron chi connectivity index (χ3n) is 4.45. The van der Waals surface area contributed by atoms with Crippen molar-refractivity contribution in [1.29, 1.82) is 0 Å². The van der Waals surface area contributed by atoms with Crippen molar-refractivity contribution < 1.29 is 9.59 Å². The van der Waals surface area contributed by atoms with E-state index in [4.69, 9.17) is 0 Å². The average molecular weight is 382 g/mol. The van der Waals surface area contributed by atoms with Gasteiger partial charge in [-0.1, -0.05) is 44.7 Å².